The molecule has 0 spiro atoms. The molecular formula is C21H17F2N7. The Morgan fingerprint density at radius 1 is 1.10 bits per heavy atom. The Morgan fingerprint density at radius 3 is 2.73 bits per heavy atom. The average molecular weight is 405 g/mol. The van der Waals surface area contributed by atoms with Crippen LogP contribution in [0, 0.1) is 17.6 Å². The van der Waals surface area contributed by atoms with Crippen LogP contribution < -0.4 is 10.6 Å². The quantitative estimate of drug-likeness (QED) is 0.564. The van der Waals surface area contributed by atoms with Gasteiger partial charge in [-0.25, -0.2) is 28.2 Å². The summed E-state index contributed by atoms with van der Waals surface area (Å²) < 4.78 is 30.2. The molecular weight excluding hydrogens is 388 g/mol. The highest BCUT2D eigenvalue weighted by Crippen LogP contribution is 2.63. The molecule has 3 aromatic heterocycles. The molecule has 2 aliphatic rings. The third-order valence-electron chi connectivity index (χ3n) is 6.26. The molecule has 150 valence electrons. The van der Waals surface area contributed by atoms with E-state index in [0.29, 0.717) is 22.9 Å². The van der Waals surface area contributed by atoms with Crippen LogP contribution in [0.1, 0.15) is 18.4 Å². The van der Waals surface area contributed by atoms with Crippen molar-refractivity contribution in [3.8, 4) is 11.1 Å². The van der Waals surface area contributed by atoms with Crippen LogP contribution in [0.5, 0.6) is 0 Å². The summed E-state index contributed by atoms with van der Waals surface area (Å²) in [5.74, 6) is 0.393. The van der Waals surface area contributed by atoms with E-state index in [2.05, 4.69) is 20.0 Å². The molecule has 0 amide bonds. The fourth-order valence-corrected chi connectivity index (χ4v) is 4.79. The SMILES string of the molecule is Nc1ncc(-c2cnn3ccc(N4CC[C@H]5C[C@]54c4cc(F)ccc4F)nc23)cn1. The van der Waals surface area contributed by atoms with E-state index >= 15 is 0 Å². The number of benzene rings is 1. The van der Waals surface area contributed by atoms with Crippen molar-refractivity contribution in [1.29, 1.82) is 0 Å². The summed E-state index contributed by atoms with van der Waals surface area (Å²) >= 11 is 0. The molecule has 6 rings (SSSR count). The van der Waals surface area contributed by atoms with Gasteiger partial charge in [-0.1, -0.05) is 0 Å². The third kappa shape index (κ3) is 2.35. The minimum absolute atomic E-state index is 0.194. The predicted octanol–water partition coefficient (Wildman–Crippen LogP) is 3.17. The van der Waals surface area contributed by atoms with Crippen LogP contribution >= 0.6 is 0 Å². The highest BCUT2D eigenvalue weighted by Gasteiger charge is 2.64. The van der Waals surface area contributed by atoms with E-state index in [1.165, 1.54) is 12.1 Å². The number of hydrogen-bond donors (Lipinski definition) is 1. The Balaban J connectivity index is 1.46. The van der Waals surface area contributed by atoms with E-state index in [4.69, 9.17) is 10.7 Å². The molecule has 0 bridgehead atoms. The molecule has 7 nitrogen and oxygen atoms in total. The number of hydrogen-bond acceptors (Lipinski definition) is 6. The van der Waals surface area contributed by atoms with E-state index in [1.807, 2.05) is 12.3 Å². The van der Waals surface area contributed by atoms with Gasteiger partial charge in [0.1, 0.15) is 17.5 Å². The van der Waals surface area contributed by atoms with E-state index in [1.54, 1.807) is 23.1 Å². The zero-order valence-electron chi connectivity index (χ0n) is 15.8. The van der Waals surface area contributed by atoms with E-state index in [9.17, 15) is 8.78 Å². The number of nitrogen functional groups attached to an aromatic ring is 1. The minimum atomic E-state index is -0.540. The number of piperidine rings is 1. The van der Waals surface area contributed by atoms with Crippen LogP contribution in [-0.2, 0) is 5.54 Å². The summed E-state index contributed by atoms with van der Waals surface area (Å²) in [6, 6.07) is 5.55. The molecule has 2 N–H and O–H groups in total. The monoisotopic (exact) mass is 405 g/mol. The number of nitrogens with two attached hydrogens (primary N) is 1. The van der Waals surface area contributed by atoms with Gasteiger partial charge < -0.3 is 10.6 Å². The Morgan fingerprint density at radius 2 is 1.93 bits per heavy atom. The molecule has 1 aliphatic heterocycles. The van der Waals surface area contributed by atoms with Crippen molar-refractivity contribution in [2.75, 3.05) is 17.2 Å². The Bertz CT molecular complexity index is 1290. The van der Waals surface area contributed by atoms with Gasteiger partial charge in [0.2, 0.25) is 5.95 Å². The van der Waals surface area contributed by atoms with Crippen molar-refractivity contribution in [2.24, 2.45) is 5.92 Å². The number of nitrogens with zero attached hydrogens (tertiary/aromatic N) is 6. The van der Waals surface area contributed by atoms with Crippen LogP contribution in [0.3, 0.4) is 0 Å². The maximum atomic E-state index is 14.7. The Labute approximate surface area is 170 Å². The predicted molar refractivity (Wildman–Crippen MR) is 107 cm³/mol. The van der Waals surface area contributed by atoms with Gasteiger partial charge in [0, 0.05) is 41.8 Å². The highest BCUT2D eigenvalue weighted by molar-refractivity contribution is 5.77. The maximum absolute atomic E-state index is 14.7. The highest BCUT2D eigenvalue weighted by atomic mass is 19.1. The summed E-state index contributed by atoms with van der Waals surface area (Å²) in [5, 5.41) is 4.36. The molecule has 4 aromatic rings. The second-order valence-electron chi connectivity index (χ2n) is 7.83. The molecule has 2 fully saturated rings. The van der Waals surface area contributed by atoms with Gasteiger partial charge >= 0.3 is 0 Å². The lowest BCUT2D eigenvalue weighted by Gasteiger charge is -2.30. The molecule has 1 saturated heterocycles. The van der Waals surface area contributed by atoms with Crippen LogP contribution in [-0.4, -0.2) is 31.1 Å². The van der Waals surface area contributed by atoms with Crippen molar-refractivity contribution < 1.29 is 8.78 Å². The lowest BCUT2D eigenvalue weighted by atomic mass is 10.0. The van der Waals surface area contributed by atoms with Crippen molar-refractivity contribution in [3.05, 3.63) is 66.3 Å². The molecule has 0 radical (unpaired) electrons. The van der Waals surface area contributed by atoms with E-state index < -0.39 is 11.4 Å². The number of anilines is 2. The van der Waals surface area contributed by atoms with Crippen LogP contribution in [0.25, 0.3) is 16.8 Å². The van der Waals surface area contributed by atoms with Crippen molar-refractivity contribution in [2.45, 2.75) is 18.4 Å². The molecule has 1 saturated carbocycles. The first kappa shape index (κ1) is 17.3. The molecule has 1 aliphatic carbocycles. The molecule has 9 heteroatoms. The summed E-state index contributed by atoms with van der Waals surface area (Å²) in [6.45, 7) is 0.734. The van der Waals surface area contributed by atoms with Crippen molar-refractivity contribution >= 4 is 17.4 Å². The standard InChI is InChI=1S/C21H17F2N7/c22-14-1-2-17(23)16(7-14)21-8-13(21)3-5-29(21)18-4-6-30-19(28-18)15(11-27-30)12-9-25-20(24)26-10-12/h1-2,4,6-7,9-11,13H,3,5,8H2,(H2,24,25,26)/t13-,21+/m0/s1. The smallest absolute Gasteiger partial charge is 0.219 e. The van der Waals surface area contributed by atoms with Gasteiger partial charge in [0.05, 0.1) is 11.7 Å². The van der Waals surface area contributed by atoms with Gasteiger partial charge in [-0.2, -0.15) is 5.10 Å². The van der Waals surface area contributed by atoms with Gasteiger partial charge in [0.15, 0.2) is 5.65 Å². The molecule has 4 heterocycles. The fraction of sp³-hybridized carbons (Fsp3) is 0.238. The molecule has 30 heavy (non-hydrogen) atoms. The second kappa shape index (κ2) is 5.94. The van der Waals surface area contributed by atoms with Gasteiger partial charge in [-0.3, -0.25) is 0 Å². The normalized spacial score (nSPS) is 22.5. The molecule has 2 atom stereocenters. The van der Waals surface area contributed by atoms with Crippen LogP contribution in [0.4, 0.5) is 20.5 Å². The van der Waals surface area contributed by atoms with Crippen molar-refractivity contribution in [1.82, 2.24) is 24.6 Å². The second-order valence-corrected chi connectivity index (χ2v) is 7.83. The summed E-state index contributed by atoms with van der Waals surface area (Å²) in [4.78, 5) is 15.0. The minimum Gasteiger partial charge on any atom is -0.368 e. The first-order valence-corrected chi connectivity index (χ1v) is 9.72. The van der Waals surface area contributed by atoms with E-state index in [0.717, 1.165) is 36.6 Å². The average Bonchev–Trinajstić information content (AvgIpc) is 3.13. The van der Waals surface area contributed by atoms with Gasteiger partial charge in [-0.15, -0.1) is 0 Å². The summed E-state index contributed by atoms with van der Waals surface area (Å²) in [5.41, 5.74) is 7.62. The van der Waals surface area contributed by atoms with Crippen molar-refractivity contribution in [3.63, 3.8) is 0 Å². The van der Waals surface area contributed by atoms with Crippen LogP contribution in [0.2, 0.25) is 0 Å². The van der Waals surface area contributed by atoms with Gasteiger partial charge in [0.25, 0.3) is 0 Å². The topological polar surface area (TPSA) is 85.2 Å². The Kier molecular flexibility index (Phi) is 3.42. The Hall–Kier alpha value is -3.62. The summed E-state index contributed by atoms with van der Waals surface area (Å²) in [7, 11) is 0. The first-order chi connectivity index (χ1) is 14.6. The lowest BCUT2D eigenvalue weighted by molar-refractivity contribution is 0.544. The number of aromatic nitrogens is 5. The fourth-order valence-electron chi connectivity index (χ4n) is 4.79. The third-order valence-corrected chi connectivity index (χ3v) is 6.26. The lowest BCUT2D eigenvalue weighted by Crippen LogP contribution is -2.34. The van der Waals surface area contributed by atoms with Gasteiger partial charge in [-0.05, 0) is 43.0 Å². The number of halogens is 2. The maximum Gasteiger partial charge on any atom is 0.219 e. The summed E-state index contributed by atoms with van der Waals surface area (Å²) in [6.07, 6.45) is 8.49. The zero-order chi connectivity index (χ0) is 20.5. The molecule has 1 aromatic carbocycles. The number of rotatable bonds is 3. The zero-order valence-corrected chi connectivity index (χ0v) is 15.8. The van der Waals surface area contributed by atoms with Crippen LogP contribution in [0.15, 0.2) is 49.1 Å². The molecule has 0 unspecified atom stereocenters. The number of fused-ring (bicyclic) bond motifs is 2. The first-order valence-electron chi connectivity index (χ1n) is 9.72. The van der Waals surface area contributed by atoms with E-state index in [-0.39, 0.29) is 11.8 Å². The largest absolute Gasteiger partial charge is 0.368 e.